The Morgan fingerprint density at radius 3 is 2.81 bits per heavy atom. The van der Waals surface area contributed by atoms with Gasteiger partial charge in [0.25, 0.3) is 0 Å². The summed E-state index contributed by atoms with van der Waals surface area (Å²) in [5, 5.41) is 0.479. The fourth-order valence-electron chi connectivity index (χ4n) is 2.41. The quantitative estimate of drug-likeness (QED) is 0.765. The summed E-state index contributed by atoms with van der Waals surface area (Å²) in [6.07, 6.45) is 1.98. The molecule has 1 atom stereocenters. The molecule has 7 heteroatoms. The highest BCUT2D eigenvalue weighted by Gasteiger charge is 2.25. The van der Waals surface area contributed by atoms with Gasteiger partial charge in [0.1, 0.15) is 0 Å². The molecule has 0 radical (unpaired) electrons. The molecule has 1 aliphatic rings. The average molecular weight is 352 g/mol. The highest BCUT2D eigenvalue weighted by atomic mass is 35.5. The summed E-state index contributed by atoms with van der Waals surface area (Å²) >= 11 is 11.8. The number of halogens is 2. The lowest BCUT2D eigenvalue weighted by Gasteiger charge is -2.26. The zero-order chi connectivity index (χ0) is 15.5. The van der Waals surface area contributed by atoms with E-state index in [1.54, 1.807) is 19.2 Å². The molecule has 1 heterocycles. The van der Waals surface area contributed by atoms with E-state index in [9.17, 15) is 8.42 Å². The fourth-order valence-corrected chi connectivity index (χ4v) is 4.18. The van der Waals surface area contributed by atoms with Crippen LogP contribution in [0.2, 0.25) is 5.02 Å². The summed E-state index contributed by atoms with van der Waals surface area (Å²) in [7, 11) is -1.93. The van der Waals surface area contributed by atoms with Crippen LogP contribution in [0.4, 0.5) is 0 Å². The third kappa shape index (κ3) is 4.11. The van der Waals surface area contributed by atoms with E-state index in [4.69, 9.17) is 27.9 Å². The Balaban J connectivity index is 2.16. The number of alkyl halides is 1. The second-order valence-electron chi connectivity index (χ2n) is 5.26. The van der Waals surface area contributed by atoms with Gasteiger partial charge in [0.2, 0.25) is 10.0 Å². The molecule has 0 aliphatic carbocycles. The Bertz CT molecular complexity index is 586. The molecule has 1 fully saturated rings. The molecule has 0 amide bonds. The van der Waals surface area contributed by atoms with Gasteiger partial charge in [-0.05, 0) is 42.5 Å². The number of hydrogen-bond acceptors (Lipinski definition) is 3. The molecule has 0 saturated carbocycles. The van der Waals surface area contributed by atoms with Crippen molar-refractivity contribution >= 4 is 33.2 Å². The van der Waals surface area contributed by atoms with Gasteiger partial charge in [-0.3, -0.25) is 0 Å². The van der Waals surface area contributed by atoms with Gasteiger partial charge in [0.05, 0.1) is 11.5 Å². The maximum absolute atomic E-state index is 12.6. The number of nitrogens with zero attached hydrogens (tertiary/aromatic N) is 1. The first-order valence-electron chi connectivity index (χ1n) is 6.83. The minimum Gasteiger partial charge on any atom is -0.381 e. The minimum absolute atomic E-state index is 0.183. The Labute approximate surface area is 136 Å². The zero-order valence-corrected chi connectivity index (χ0v) is 14.2. The Kier molecular flexibility index (Phi) is 5.91. The van der Waals surface area contributed by atoms with Crippen LogP contribution in [0.3, 0.4) is 0 Å². The van der Waals surface area contributed by atoms with Crippen molar-refractivity contribution in [2.75, 3.05) is 26.8 Å². The molecule has 0 bridgehead atoms. The molecule has 1 saturated heterocycles. The van der Waals surface area contributed by atoms with Crippen LogP contribution in [-0.4, -0.2) is 39.5 Å². The molecule has 4 nitrogen and oxygen atoms in total. The number of hydrogen-bond donors (Lipinski definition) is 0. The molecule has 0 N–H and O–H groups in total. The van der Waals surface area contributed by atoms with Crippen molar-refractivity contribution in [2.24, 2.45) is 5.92 Å². The number of benzene rings is 1. The van der Waals surface area contributed by atoms with Crippen molar-refractivity contribution < 1.29 is 13.2 Å². The van der Waals surface area contributed by atoms with E-state index in [-0.39, 0.29) is 16.7 Å². The average Bonchev–Trinajstić information content (AvgIpc) is 2.48. The molecule has 2 rings (SSSR count). The third-order valence-electron chi connectivity index (χ3n) is 3.64. The van der Waals surface area contributed by atoms with Gasteiger partial charge in [0, 0.05) is 31.1 Å². The van der Waals surface area contributed by atoms with Gasteiger partial charge in [0.15, 0.2) is 0 Å². The van der Waals surface area contributed by atoms with E-state index < -0.39 is 10.0 Å². The van der Waals surface area contributed by atoms with Crippen LogP contribution in [0, 0.1) is 5.92 Å². The van der Waals surface area contributed by atoms with Crippen molar-refractivity contribution in [3.8, 4) is 0 Å². The summed E-state index contributed by atoms with van der Waals surface area (Å²) < 4.78 is 31.9. The summed E-state index contributed by atoms with van der Waals surface area (Å²) in [6, 6.07) is 4.63. The van der Waals surface area contributed by atoms with Gasteiger partial charge >= 0.3 is 0 Å². The summed E-state index contributed by atoms with van der Waals surface area (Å²) in [5.74, 6) is 0.431. The van der Waals surface area contributed by atoms with E-state index in [1.807, 2.05) is 0 Å². The first kappa shape index (κ1) is 17.0. The highest BCUT2D eigenvalue weighted by Crippen LogP contribution is 2.25. The second kappa shape index (κ2) is 7.29. The van der Waals surface area contributed by atoms with E-state index in [0.29, 0.717) is 23.7 Å². The first-order valence-corrected chi connectivity index (χ1v) is 9.19. The molecule has 1 aliphatic heterocycles. The van der Waals surface area contributed by atoms with Crippen LogP contribution < -0.4 is 0 Å². The maximum atomic E-state index is 12.6. The summed E-state index contributed by atoms with van der Waals surface area (Å²) in [4.78, 5) is 0.224. The molecular weight excluding hydrogens is 333 g/mol. The predicted molar refractivity (Wildman–Crippen MR) is 84.4 cm³/mol. The van der Waals surface area contributed by atoms with Crippen molar-refractivity contribution in [1.82, 2.24) is 4.31 Å². The number of rotatable bonds is 5. The summed E-state index contributed by atoms with van der Waals surface area (Å²) in [6.45, 7) is 1.85. The van der Waals surface area contributed by atoms with Crippen LogP contribution >= 0.6 is 23.2 Å². The van der Waals surface area contributed by atoms with Crippen molar-refractivity contribution in [3.05, 3.63) is 28.8 Å². The molecule has 1 unspecified atom stereocenters. The molecule has 0 aromatic heterocycles. The highest BCUT2D eigenvalue weighted by molar-refractivity contribution is 7.89. The lowest BCUT2D eigenvalue weighted by Crippen LogP contribution is -2.35. The number of ether oxygens (including phenoxy) is 1. The number of sulfonamides is 1. The minimum atomic E-state index is -3.53. The van der Waals surface area contributed by atoms with Crippen molar-refractivity contribution in [2.45, 2.75) is 23.6 Å². The molecular formula is C14H19Cl2NO3S. The van der Waals surface area contributed by atoms with Crippen molar-refractivity contribution in [1.29, 1.82) is 0 Å². The van der Waals surface area contributed by atoms with Crippen LogP contribution in [0.25, 0.3) is 0 Å². The summed E-state index contributed by atoms with van der Waals surface area (Å²) in [5.41, 5.74) is 0.619. The fraction of sp³-hybridized carbons (Fsp3) is 0.571. The van der Waals surface area contributed by atoms with E-state index in [1.165, 1.54) is 10.4 Å². The molecule has 0 spiro atoms. The van der Waals surface area contributed by atoms with Gasteiger partial charge in [-0.1, -0.05) is 11.6 Å². The lowest BCUT2D eigenvalue weighted by molar-refractivity contribution is 0.0495. The Morgan fingerprint density at radius 2 is 2.19 bits per heavy atom. The first-order chi connectivity index (χ1) is 9.95. The maximum Gasteiger partial charge on any atom is 0.242 e. The second-order valence-corrected chi connectivity index (χ2v) is 7.97. The Morgan fingerprint density at radius 1 is 1.43 bits per heavy atom. The molecule has 118 valence electrons. The van der Waals surface area contributed by atoms with Gasteiger partial charge < -0.3 is 4.74 Å². The standard InChI is InChI=1S/C14H19Cl2NO3S/c1-17(9-11-3-2-6-20-10-11)21(18,19)13-4-5-14(16)12(7-13)8-15/h4-5,7,11H,2-3,6,8-10H2,1H3. The van der Waals surface area contributed by atoms with E-state index in [0.717, 1.165) is 19.4 Å². The largest absolute Gasteiger partial charge is 0.381 e. The van der Waals surface area contributed by atoms with Gasteiger partial charge in [-0.25, -0.2) is 12.7 Å². The molecule has 1 aromatic rings. The van der Waals surface area contributed by atoms with Gasteiger partial charge in [-0.15, -0.1) is 11.6 Å². The monoisotopic (exact) mass is 351 g/mol. The van der Waals surface area contributed by atoms with Crippen LogP contribution in [0.15, 0.2) is 23.1 Å². The lowest BCUT2D eigenvalue weighted by atomic mass is 10.0. The van der Waals surface area contributed by atoms with Gasteiger partial charge in [-0.2, -0.15) is 0 Å². The van der Waals surface area contributed by atoms with E-state index >= 15 is 0 Å². The predicted octanol–water partition coefficient (Wildman–Crippen LogP) is 3.13. The zero-order valence-electron chi connectivity index (χ0n) is 11.9. The Hall–Kier alpha value is -0.330. The van der Waals surface area contributed by atoms with Crippen LogP contribution in [0.5, 0.6) is 0 Å². The topological polar surface area (TPSA) is 46.6 Å². The van der Waals surface area contributed by atoms with E-state index in [2.05, 4.69) is 0 Å². The van der Waals surface area contributed by atoms with Crippen molar-refractivity contribution in [3.63, 3.8) is 0 Å². The normalized spacial score (nSPS) is 19.9. The van der Waals surface area contributed by atoms with Crippen LogP contribution in [-0.2, 0) is 20.6 Å². The smallest absolute Gasteiger partial charge is 0.242 e. The molecule has 1 aromatic carbocycles. The third-order valence-corrected chi connectivity index (χ3v) is 6.12. The van der Waals surface area contributed by atoms with Crippen LogP contribution in [0.1, 0.15) is 18.4 Å². The molecule has 21 heavy (non-hydrogen) atoms. The SMILES string of the molecule is CN(CC1CCCOC1)S(=O)(=O)c1ccc(Cl)c(CCl)c1.